The molecule has 1 aliphatic heterocycles. The molecule has 1 aliphatic rings. The van der Waals surface area contributed by atoms with Gasteiger partial charge in [-0.1, -0.05) is 18.2 Å². The Balaban J connectivity index is 1.57. The smallest absolute Gasteiger partial charge is 0.320 e. The summed E-state index contributed by atoms with van der Waals surface area (Å²) in [4.78, 5) is 16.8. The summed E-state index contributed by atoms with van der Waals surface area (Å²) in [5.41, 5.74) is 0.858. The van der Waals surface area contributed by atoms with Crippen molar-refractivity contribution in [3.8, 4) is 11.5 Å². The van der Waals surface area contributed by atoms with E-state index < -0.39 is 17.9 Å². The Bertz CT molecular complexity index is 989. The second-order valence-corrected chi connectivity index (χ2v) is 6.02. The van der Waals surface area contributed by atoms with E-state index in [4.69, 9.17) is 9.47 Å². The second-order valence-electron chi connectivity index (χ2n) is 6.02. The normalized spacial score (nSPS) is 13.3. The molecule has 2 amide bonds. The number of rotatable bonds is 4. The monoisotopic (exact) mass is 368 g/mol. The number of fused-ring (bicyclic) bond motifs is 1. The quantitative estimate of drug-likeness (QED) is 0.741. The number of anilines is 1. The second kappa shape index (κ2) is 6.99. The molecule has 7 nitrogen and oxygen atoms in total. The minimum absolute atomic E-state index is 0.152. The molecule has 0 saturated heterocycles. The number of aromatic nitrogens is 2. The molecular formula is C19H17FN4O3. The number of benzene rings is 2. The van der Waals surface area contributed by atoms with E-state index in [0.717, 1.165) is 0 Å². The van der Waals surface area contributed by atoms with Crippen molar-refractivity contribution in [2.24, 2.45) is 7.05 Å². The largest absolute Gasteiger partial charge is 0.454 e. The number of amides is 2. The lowest BCUT2D eigenvalue weighted by Crippen LogP contribution is -2.35. The molecule has 1 aromatic heterocycles. The summed E-state index contributed by atoms with van der Waals surface area (Å²) in [5.74, 6) is 1.27. The molecule has 138 valence electrons. The van der Waals surface area contributed by atoms with Gasteiger partial charge in [-0.2, -0.15) is 0 Å². The molecule has 1 atom stereocenters. The van der Waals surface area contributed by atoms with E-state index in [9.17, 15) is 9.18 Å². The fourth-order valence-electron chi connectivity index (χ4n) is 2.92. The number of hydrogen-bond donors (Lipinski definition) is 2. The van der Waals surface area contributed by atoms with Crippen LogP contribution in [0.4, 0.5) is 14.9 Å². The molecule has 0 spiro atoms. The van der Waals surface area contributed by atoms with Gasteiger partial charge in [0.15, 0.2) is 11.5 Å². The number of carbonyl (C=O) groups is 1. The summed E-state index contributed by atoms with van der Waals surface area (Å²) in [6.45, 7) is 0.152. The third-order valence-corrected chi connectivity index (χ3v) is 4.24. The van der Waals surface area contributed by atoms with Crippen LogP contribution in [0.25, 0.3) is 0 Å². The lowest BCUT2D eigenvalue weighted by Gasteiger charge is -2.20. The highest BCUT2D eigenvalue weighted by Crippen LogP contribution is 2.34. The number of nitrogens with one attached hydrogen (secondary N) is 2. The minimum Gasteiger partial charge on any atom is -0.454 e. The van der Waals surface area contributed by atoms with Gasteiger partial charge < -0.3 is 24.7 Å². The number of aryl methyl sites for hydroxylation is 1. The molecule has 2 heterocycles. The number of imidazole rings is 1. The van der Waals surface area contributed by atoms with Crippen molar-refractivity contribution in [3.05, 3.63) is 72.1 Å². The molecule has 2 aromatic carbocycles. The van der Waals surface area contributed by atoms with E-state index in [0.29, 0.717) is 28.6 Å². The first-order valence-corrected chi connectivity index (χ1v) is 8.30. The zero-order valence-electron chi connectivity index (χ0n) is 14.5. The predicted molar refractivity (Wildman–Crippen MR) is 96.2 cm³/mol. The molecule has 27 heavy (non-hydrogen) atoms. The highest BCUT2D eigenvalue weighted by atomic mass is 19.1. The fraction of sp³-hybridized carbons (Fsp3) is 0.158. The first-order valence-electron chi connectivity index (χ1n) is 8.30. The molecule has 0 fully saturated rings. The zero-order valence-corrected chi connectivity index (χ0v) is 14.5. The van der Waals surface area contributed by atoms with Crippen LogP contribution in [0.3, 0.4) is 0 Å². The van der Waals surface area contributed by atoms with Gasteiger partial charge in [-0.15, -0.1) is 0 Å². The molecule has 8 heteroatoms. The number of nitrogens with zero attached hydrogens (tertiary/aromatic N) is 2. The van der Waals surface area contributed by atoms with E-state index in [2.05, 4.69) is 15.6 Å². The standard InChI is InChI=1S/C19H17FN4O3/c1-24-9-8-21-18(24)17(13-4-2-3-5-14(13)20)23-19(25)22-12-6-7-15-16(10-12)27-11-26-15/h2-10,17H,11H2,1H3,(H2,22,23,25). The van der Waals surface area contributed by atoms with Crippen LogP contribution in [-0.4, -0.2) is 22.4 Å². The maximum Gasteiger partial charge on any atom is 0.320 e. The van der Waals surface area contributed by atoms with Crippen LogP contribution in [0.2, 0.25) is 0 Å². The number of halogens is 1. The van der Waals surface area contributed by atoms with Gasteiger partial charge in [-0.05, 0) is 18.2 Å². The van der Waals surface area contributed by atoms with Gasteiger partial charge in [0.2, 0.25) is 6.79 Å². The predicted octanol–water partition coefficient (Wildman–Crippen LogP) is 3.20. The highest BCUT2D eigenvalue weighted by Gasteiger charge is 2.24. The van der Waals surface area contributed by atoms with Crippen LogP contribution in [0.1, 0.15) is 17.4 Å². The fourth-order valence-corrected chi connectivity index (χ4v) is 2.92. The highest BCUT2D eigenvalue weighted by molar-refractivity contribution is 5.90. The summed E-state index contributed by atoms with van der Waals surface area (Å²) in [5, 5.41) is 5.52. The molecule has 3 aromatic rings. The van der Waals surface area contributed by atoms with Crippen LogP contribution in [-0.2, 0) is 7.05 Å². The number of carbonyl (C=O) groups excluding carboxylic acids is 1. The van der Waals surface area contributed by atoms with Gasteiger partial charge in [-0.25, -0.2) is 14.2 Å². The molecular weight excluding hydrogens is 351 g/mol. The molecule has 1 unspecified atom stereocenters. The van der Waals surface area contributed by atoms with Crippen molar-refractivity contribution in [2.45, 2.75) is 6.04 Å². The first kappa shape index (κ1) is 16.9. The summed E-state index contributed by atoms with van der Waals surface area (Å²) in [7, 11) is 1.79. The van der Waals surface area contributed by atoms with Gasteiger partial charge in [0, 0.05) is 36.8 Å². The number of urea groups is 1. The van der Waals surface area contributed by atoms with E-state index in [1.165, 1.54) is 6.07 Å². The third-order valence-electron chi connectivity index (χ3n) is 4.24. The lowest BCUT2D eigenvalue weighted by molar-refractivity contribution is 0.174. The van der Waals surface area contributed by atoms with Crippen LogP contribution >= 0.6 is 0 Å². The summed E-state index contributed by atoms with van der Waals surface area (Å²) < 4.78 is 26.6. The number of ether oxygens (including phenoxy) is 2. The van der Waals surface area contributed by atoms with Crippen molar-refractivity contribution in [1.29, 1.82) is 0 Å². The molecule has 4 rings (SSSR count). The Hall–Kier alpha value is -3.55. The number of hydrogen-bond acceptors (Lipinski definition) is 4. The molecule has 2 N–H and O–H groups in total. The summed E-state index contributed by atoms with van der Waals surface area (Å²) in [6.07, 6.45) is 3.33. The van der Waals surface area contributed by atoms with Gasteiger partial charge >= 0.3 is 6.03 Å². The maximum atomic E-state index is 14.4. The molecule has 0 saturated carbocycles. The molecule has 0 radical (unpaired) electrons. The van der Waals surface area contributed by atoms with Crippen LogP contribution in [0.5, 0.6) is 11.5 Å². The summed E-state index contributed by atoms with van der Waals surface area (Å²) >= 11 is 0. The average Bonchev–Trinajstić information content (AvgIpc) is 3.28. The minimum atomic E-state index is -0.750. The van der Waals surface area contributed by atoms with Crippen molar-refractivity contribution in [2.75, 3.05) is 12.1 Å². The third kappa shape index (κ3) is 3.41. The van der Waals surface area contributed by atoms with Crippen molar-refractivity contribution < 1.29 is 18.7 Å². The maximum absolute atomic E-state index is 14.4. The Kier molecular flexibility index (Phi) is 4.37. The molecule has 0 bridgehead atoms. The van der Waals surface area contributed by atoms with Gasteiger partial charge in [0.25, 0.3) is 0 Å². The topological polar surface area (TPSA) is 77.4 Å². The Labute approximate surface area is 154 Å². The van der Waals surface area contributed by atoms with Gasteiger partial charge in [0.1, 0.15) is 17.7 Å². The first-order chi connectivity index (χ1) is 13.1. The Morgan fingerprint density at radius 3 is 2.81 bits per heavy atom. The Morgan fingerprint density at radius 1 is 1.22 bits per heavy atom. The van der Waals surface area contributed by atoms with Gasteiger partial charge in [-0.3, -0.25) is 0 Å². The van der Waals surface area contributed by atoms with E-state index in [1.807, 2.05) is 0 Å². The van der Waals surface area contributed by atoms with Crippen LogP contribution in [0, 0.1) is 5.82 Å². The Morgan fingerprint density at radius 2 is 2.04 bits per heavy atom. The lowest BCUT2D eigenvalue weighted by atomic mass is 10.1. The average molecular weight is 368 g/mol. The summed E-state index contributed by atoms with van der Waals surface area (Å²) in [6, 6.07) is 10.1. The van der Waals surface area contributed by atoms with E-state index in [-0.39, 0.29) is 6.79 Å². The van der Waals surface area contributed by atoms with Crippen molar-refractivity contribution in [1.82, 2.24) is 14.9 Å². The zero-order chi connectivity index (χ0) is 18.8. The van der Waals surface area contributed by atoms with Gasteiger partial charge in [0.05, 0.1) is 0 Å². The van der Waals surface area contributed by atoms with Crippen molar-refractivity contribution >= 4 is 11.7 Å². The van der Waals surface area contributed by atoms with Crippen LogP contribution in [0.15, 0.2) is 54.9 Å². The molecule has 0 aliphatic carbocycles. The van der Waals surface area contributed by atoms with E-state index >= 15 is 0 Å². The van der Waals surface area contributed by atoms with E-state index in [1.54, 1.807) is 60.4 Å². The van der Waals surface area contributed by atoms with Crippen molar-refractivity contribution in [3.63, 3.8) is 0 Å². The SMILES string of the molecule is Cn1ccnc1C(NC(=O)Nc1ccc2c(c1)OCO2)c1ccccc1F. The van der Waals surface area contributed by atoms with Crippen LogP contribution < -0.4 is 20.1 Å².